The number of aliphatic hydroxyl groups is 2. The number of rotatable bonds is 3. The Morgan fingerprint density at radius 1 is 1.23 bits per heavy atom. The standard InChI is InChI=1S/C31H42N2O6S/c1-5-6-8-21-28(36)18(2)38-14-13-30(4)26(39-30)16-22(20-9-10-24-23(15-20)32-19(3)40-24)33-27(35)17-25(34)31(29(21)37)11-7-12-31/h5-6,9-10,15,18,21-22,25-26,28,34,36H,7-8,11-14,16-17H2,1-4H3,(H,33,35)/t18-,21-,22+,25+,26+,28-,30-/m1/s1. The van der Waals surface area contributed by atoms with E-state index in [1.54, 1.807) is 18.3 Å². The molecule has 1 aromatic heterocycles. The van der Waals surface area contributed by atoms with Crippen LogP contribution in [0.5, 0.6) is 0 Å². The first kappa shape index (κ1) is 29.3. The molecule has 3 N–H and O–H groups in total. The number of benzene rings is 1. The third kappa shape index (κ3) is 5.77. The summed E-state index contributed by atoms with van der Waals surface area (Å²) in [4.78, 5) is 32.0. The van der Waals surface area contributed by atoms with Crippen molar-refractivity contribution >= 4 is 33.2 Å². The number of fused-ring (bicyclic) bond motifs is 2. The molecule has 8 nitrogen and oxygen atoms in total. The van der Waals surface area contributed by atoms with E-state index in [1.165, 1.54) is 0 Å². The number of aliphatic hydroxyl groups excluding tert-OH is 2. The van der Waals surface area contributed by atoms with Crippen molar-refractivity contribution in [3.8, 4) is 0 Å². The summed E-state index contributed by atoms with van der Waals surface area (Å²) >= 11 is 1.63. The van der Waals surface area contributed by atoms with Crippen LogP contribution in [-0.4, -0.2) is 63.5 Å². The van der Waals surface area contributed by atoms with Crippen molar-refractivity contribution in [3.63, 3.8) is 0 Å². The summed E-state index contributed by atoms with van der Waals surface area (Å²) in [7, 11) is 0. The van der Waals surface area contributed by atoms with Crippen LogP contribution in [0.3, 0.4) is 0 Å². The third-order valence-corrected chi connectivity index (χ3v) is 10.3. The molecular formula is C31H42N2O6S. The van der Waals surface area contributed by atoms with Crippen molar-refractivity contribution in [1.82, 2.24) is 10.3 Å². The number of carbonyl (C=O) groups is 2. The minimum Gasteiger partial charge on any atom is -0.392 e. The van der Waals surface area contributed by atoms with Crippen molar-refractivity contribution in [1.29, 1.82) is 0 Å². The second-order valence-corrected chi connectivity index (χ2v) is 13.3. The first-order chi connectivity index (χ1) is 19.1. The molecule has 3 aliphatic rings. The number of ketones is 1. The van der Waals surface area contributed by atoms with E-state index >= 15 is 0 Å². The van der Waals surface area contributed by atoms with Gasteiger partial charge >= 0.3 is 0 Å². The predicted molar refractivity (Wildman–Crippen MR) is 154 cm³/mol. The van der Waals surface area contributed by atoms with Crippen molar-refractivity contribution in [2.45, 2.75) is 109 Å². The first-order valence-corrected chi connectivity index (χ1v) is 15.4. The molecule has 3 fully saturated rings. The Morgan fingerprint density at radius 2 is 2.00 bits per heavy atom. The molecule has 0 unspecified atom stereocenters. The Hall–Kier alpha value is -2.17. The van der Waals surface area contributed by atoms with E-state index in [9.17, 15) is 19.8 Å². The molecule has 0 bridgehead atoms. The molecule has 2 aromatic rings. The lowest BCUT2D eigenvalue weighted by Crippen LogP contribution is -2.54. The van der Waals surface area contributed by atoms with Crippen molar-refractivity contribution in [2.75, 3.05) is 6.61 Å². The molecule has 1 spiro atoms. The van der Waals surface area contributed by atoms with Crippen LogP contribution in [0.1, 0.15) is 82.3 Å². The fraction of sp³-hybridized carbons (Fsp3) is 0.645. The molecule has 5 rings (SSSR count). The van der Waals surface area contributed by atoms with E-state index in [4.69, 9.17) is 9.47 Å². The van der Waals surface area contributed by atoms with Crippen LogP contribution >= 0.6 is 11.3 Å². The second-order valence-electron chi connectivity index (χ2n) is 12.1. The highest BCUT2D eigenvalue weighted by Crippen LogP contribution is 2.49. The number of epoxide rings is 1. The Bertz CT molecular complexity index is 1270. The highest BCUT2D eigenvalue weighted by Gasteiger charge is 2.55. The summed E-state index contributed by atoms with van der Waals surface area (Å²) in [6.07, 6.45) is 4.13. The van der Waals surface area contributed by atoms with E-state index in [0.29, 0.717) is 38.7 Å². The van der Waals surface area contributed by atoms with Crippen molar-refractivity contribution in [3.05, 3.63) is 40.9 Å². The quantitative estimate of drug-likeness (QED) is 0.366. The Morgan fingerprint density at radius 3 is 2.70 bits per heavy atom. The number of nitrogens with one attached hydrogen (secondary N) is 1. The van der Waals surface area contributed by atoms with Crippen molar-refractivity contribution in [2.24, 2.45) is 11.3 Å². The molecule has 1 amide bonds. The van der Waals surface area contributed by atoms with E-state index in [0.717, 1.165) is 27.2 Å². The predicted octanol–water partition coefficient (Wildman–Crippen LogP) is 4.55. The molecule has 218 valence electrons. The molecule has 1 aliphatic carbocycles. The smallest absolute Gasteiger partial charge is 0.223 e. The van der Waals surface area contributed by atoms with Crippen LogP contribution in [0, 0.1) is 18.3 Å². The van der Waals surface area contributed by atoms with Gasteiger partial charge in [-0.25, -0.2) is 4.98 Å². The molecule has 9 heteroatoms. The van der Waals surface area contributed by atoms with Gasteiger partial charge in [-0.3, -0.25) is 9.59 Å². The largest absolute Gasteiger partial charge is 0.392 e. The normalized spacial score (nSPS) is 35.5. The fourth-order valence-corrected chi connectivity index (χ4v) is 7.24. The SMILES string of the molecule is CC=CC[C@H]1C(=O)C2(CCC2)[C@@H](O)CC(=O)N[C@H](c2ccc3sc(C)nc3c2)C[C@@H]2O[C@]2(C)CCO[C@H](C)[C@H]1O. The van der Waals surface area contributed by atoms with Crippen LogP contribution in [0.25, 0.3) is 10.2 Å². The number of aromatic nitrogens is 1. The first-order valence-electron chi connectivity index (χ1n) is 14.5. The summed E-state index contributed by atoms with van der Waals surface area (Å²) in [5, 5.41) is 26.8. The highest BCUT2D eigenvalue weighted by molar-refractivity contribution is 7.18. The lowest BCUT2D eigenvalue weighted by Gasteiger charge is -2.46. The zero-order chi connectivity index (χ0) is 28.7. The molecule has 0 radical (unpaired) electrons. The van der Waals surface area contributed by atoms with E-state index in [1.807, 2.05) is 51.1 Å². The molecule has 2 aliphatic heterocycles. The second kappa shape index (κ2) is 11.6. The maximum atomic E-state index is 14.0. The van der Waals surface area contributed by atoms with Crippen LogP contribution in [0.4, 0.5) is 0 Å². The maximum Gasteiger partial charge on any atom is 0.223 e. The number of allylic oxidation sites excluding steroid dienone is 2. The maximum absolute atomic E-state index is 14.0. The van der Waals surface area contributed by atoms with E-state index < -0.39 is 35.2 Å². The van der Waals surface area contributed by atoms with Gasteiger partial charge in [0, 0.05) is 19.4 Å². The number of aryl methyl sites for hydroxylation is 1. The van der Waals surface area contributed by atoms with Gasteiger partial charge in [-0.2, -0.15) is 0 Å². The zero-order valence-corrected chi connectivity index (χ0v) is 24.7. The van der Waals surface area contributed by atoms with Gasteiger partial charge in [-0.05, 0) is 64.7 Å². The lowest BCUT2D eigenvalue weighted by molar-refractivity contribution is -0.158. The number of nitrogens with zero attached hydrogens (tertiary/aromatic N) is 1. The Labute approximate surface area is 240 Å². The van der Waals surface area contributed by atoms with Gasteiger partial charge in [0.25, 0.3) is 0 Å². The van der Waals surface area contributed by atoms with Gasteiger partial charge in [0.05, 0.1) is 69.0 Å². The minimum absolute atomic E-state index is 0.0747. The van der Waals surface area contributed by atoms with Crippen LogP contribution in [-0.2, 0) is 19.1 Å². The number of ether oxygens (including phenoxy) is 2. The van der Waals surface area contributed by atoms with Gasteiger partial charge in [0.2, 0.25) is 5.91 Å². The zero-order valence-electron chi connectivity index (χ0n) is 23.9. The van der Waals surface area contributed by atoms with E-state index in [-0.39, 0.29) is 30.3 Å². The Kier molecular flexibility index (Phi) is 8.51. The number of thiazole rings is 1. The number of Topliss-reactive ketones (excluding diaryl/α,β-unsaturated/α-hetero) is 1. The molecule has 1 saturated carbocycles. The molecular weight excluding hydrogens is 528 g/mol. The van der Waals surface area contributed by atoms with Gasteiger partial charge in [-0.1, -0.05) is 24.6 Å². The molecule has 40 heavy (non-hydrogen) atoms. The van der Waals surface area contributed by atoms with Gasteiger partial charge < -0.3 is 25.0 Å². The van der Waals surface area contributed by atoms with Gasteiger partial charge in [-0.15, -0.1) is 11.3 Å². The van der Waals surface area contributed by atoms with Gasteiger partial charge in [0.1, 0.15) is 5.78 Å². The molecule has 2 saturated heterocycles. The average Bonchev–Trinajstić information content (AvgIpc) is 3.34. The number of amides is 1. The highest BCUT2D eigenvalue weighted by atomic mass is 32.1. The monoisotopic (exact) mass is 570 g/mol. The number of hydrogen-bond donors (Lipinski definition) is 3. The Balaban J connectivity index is 1.44. The number of hydrogen-bond acceptors (Lipinski definition) is 8. The number of carbonyl (C=O) groups excluding carboxylic acids is 2. The summed E-state index contributed by atoms with van der Waals surface area (Å²) in [6.45, 7) is 8.07. The topological polar surface area (TPSA) is 121 Å². The average molecular weight is 571 g/mol. The van der Waals surface area contributed by atoms with E-state index in [2.05, 4.69) is 10.3 Å². The van der Waals surface area contributed by atoms with Crippen LogP contribution in [0.15, 0.2) is 30.4 Å². The summed E-state index contributed by atoms with van der Waals surface area (Å²) in [5.41, 5.74) is 0.398. The third-order valence-electron chi connectivity index (χ3n) is 9.33. The summed E-state index contributed by atoms with van der Waals surface area (Å²) in [6, 6.07) is 5.75. The van der Waals surface area contributed by atoms with Crippen LogP contribution in [0.2, 0.25) is 0 Å². The molecule has 7 atom stereocenters. The summed E-state index contributed by atoms with van der Waals surface area (Å²) < 4.78 is 13.3. The molecule has 1 aromatic carbocycles. The summed E-state index contributed by atoms with van der Waals surface area (Å²) in [5.74, 6) is -1.20. The van der Waals surface area contributed by atoms with Crippen LogP contribution < -0.4 is 5.32 Å². The fourth-order valence-electron chi connectivity index (χ4n) is 6.43. The van der Waals surface area contributed by atoms with Crippen molar-refractivity contribution < 1.29 is 29.3 Å². The minimum atomic E-state index is -1.13. The molecule has 3 heterocycles. The lowest BCUT2D eigenvalue weighted by atomic mass is 9.58. The van der Waals surface area contributed by atoms with Gasteiger partial charge in [0.15, 0.2) is 0 Å².